The smallest absolute Gasteiger partial charge is 0.275 e. The van der Waals surface area contributed by atoms with E-state index in [-0.39, 0.29) is 29.7 Å². The van der Waals surface area contributed by atoms with Crippen molar-refractivity contribution >= 4 is 22.6 Å². The third kappa shape index (κ3) is 3.36. The van der Waals surface area contributed by atoms with Gasteiger partial charge in [-0.3, -0.25) is 9.59 Å². The lowest BCUT2D eigenvalue weighted by atomic mass is 10.0. The fraction of sp³-hybridized carbons (Fsp3) is 0.278. The molecule has 27 heavy (non-hydrogen) atoms. The van der Waals surface area contributed by atoms with Crippen molar-refractivity contribution in [1.82, 2.24) is 25.1 Å². The van der Waals surface area contributed by atoms with Crippen LogP contribution in [0, 0.1) is 0 Å². The summed E-state index contributed by atoms with van der Waals surface area (Å²) in [6, 6.07) is 8.30. The predicted octanol–water partition coefficient (Wildman–Crippen LogP) is 0.401. The molecule has 138 valence electrons. The summed E-state index contributed by atoms with van der Waals surface area (Å²) in [5.41, 5.74) is -0.164. The maximum Gasteiger partial charge on any atom is 0.275 e. The van der Waals surface area contributed by atoms with Crippen molar-refractivity contribution in [3.05, 3.63) is 58.8 Å². The molecule has 0 saturated carbocycles. The third-order valence-corrected chi connectivity index (χ3v) is 4.65. The molecule has 1 aliphatic heterocycles. The maximum absolute atomic E-state index is 12.9. The Morgan fingerprint density at radius 3 is 2.67 bits per heavy atom. The van der Waals surface area contributed by atoms with Gasteiger partial charge in [-0.15, -0.1) is 0 Å². The van der Waals surface area contributed by atoms with Gasteiger partial charge in [0.1, 0.15) is 0 Å². The van der Waals surface area contributed by atoms with E-state index < -0.39 is 6.10 Å². The van der Waals surface area contributed by atoms with Gasteiger partial charge in [-0.1, -0.05) is 18.2 Å². The molecule has 1 saturated heterocycles. The van der Waals surface area contributed by atoms with Crippen molar-refractivity contribution in [3.8, 4) is 0 Å². The second-order valence-corrected chi connectivity index (χ2v) is 6.38. The van der Waals surface area contributed by atoms with Gasteiger partial charge in [0.05, 0.1) is 17.5 Å². The van der Waals surface area contributed by atoms with Crippen LogP contribution in [0.3, 0.4) is 0 Å². The number of hydrogen-bond acceptors (Lipinski definition) is 7. The number of hydrogen-bond donors (Lipinski definition) is 3. The first-order valence-corrected chi connectivity index (χ1v) is 8.62. The minimum Gasteiger partial charge on any atom is -0.389 e. The number of aromatic amines is 1. The van der Waals surface area contributed by atoms with Crippen LogP contribution in [0.25, 0.3) is 10.8 Å². The summed E-state index contributed by atoms with van der Waals surface area (Å²) in [6.45, 7) is 0.591. The number of aromatic nitrogens is 4. The molecular weight excluding hydrogens is 348 g/mol. The number of piperidine rings is 1. The number of fused-ring (bicyclic) bond motifs is 1. The Morgan fingerprint density at radius 1 is 1.19 bits per heavy atom. The number of carbonyl (C=O) groups is 1. The second-order valence-electron chi connectivity index (χ2n) is 6.38. The molecule has 2 aromatic heterocycles. The van der Waals surface area contributed by atoms with Gasteiger partial charge < -0.3 is 15.3 Å². The fourth-order valence-electron chi connectivity index (χ4n) is 3.25. The molecule has 1 fully saturated rings. The monoisotopic (exact) mass is 366 g/mol. The van der Waals surface area contributed by atoms with Crippen LogP contribution in [0.4, 0.5) is 5.95 Å². The van der Waals surface area contributed by atoms with Gasteiger partial charge in [0, 0.05) is 30.9 Å². The molecule has 0 aliphatic carbocycles. The summed E-state index contributed by atoms with van der Waals surface area (Å²) < 4.78 is 0. The lowest BCUT2D eigenvalue weighted by molar-refractivity contribution is 0.0421. The highest BCUT2D eigenvalue weighted by atomic mass is 16.3. The third-order valence-electron chi connectivity index (χ3n) is 4.65. The molecule has 0 spiro atoms. The SMILES string of the molecule is O=C(c1n[nH]c(=O)c2ccccc12)N1CCC(Nc2ncccn2)C(O)C1. The van der Waals surface area contributed by atoms with Gasteiger partial charge in [0.2, 0.25) is 5.95 Å². The highest BCUT2D eigenvalue weighted by Crippen LogP contribution is 2.19. The fourth-order valence-corrected chi connectivity index (χ4v) is 3.25. The van der Waals surface area contributed by atoms with Crippen molar-refractivity contribution in [2.45, 2.75) is 18.6 Å². The van der Waals surface area contributed by atoms with Crippen molar-refractivity contribution in [2.75, 3.05) is 18.4 Å². The molecule has 9 nitrogen and oxygen atoms in total. The number of carbonyl (C=O) groups excluding carboxylic acids is 1. The number of β-amino-alcohol motifs (C(OH)–C–C–N with tert-alkyl or cyclic N) is 1. The van der Waals surface area contributed by atoms with Crippen LogP contribution in [-0.4, -0.2) is 61.3 Å². The number of nitrogens with one attached hydrogen (secondary N) is 2. The molecule has 0 radical (unpaired) electrons. The minimum absolute atomic E-state index is 0.151. The summed E-state index contributed by atoms with van der Waals surface area (Å²) >= 11 is 0. The number of likely N-dealkylation sites (tertiary alicyclic amines) is 1. The van der Waals surface area contributed by atoms with Gasteiger partial charge in [-0.2, -0.15) is 5.10 Å². The van der Waals surface area contributed by atoms with Gasteiger partial charge in [0.15, 0.2) is 5.69 Å². The second kappa shape index (κ2) is 7.12. The van der Waals surface area contributed by atoms with Crippen LogP contribution in [0.5, 0.6) is 0 Å². The molecule has 1 amide bonds. The number of aliphatic hydroxyl groups is 1. The molecule has 3 heterocycles. The van der Waals surface area contributed by atoms with E-state index in [2.05, 4.69) is 25.5 Å². The Hall–Kier alpha value is -3.33. The first-order valence-electron chi connectivity index (χ1n) is 8.62. The molecule has 3 aromatic rings. The van der Waals surface area contributed by atoms with E-state index in [0.29, 0.717) is 29.7 Å². The zero-order chi connectivity index (χ0) is 18.8. The highest BCUT2D eigenvalue weighted by Gasteiger charge is 2.32. The quantitative estimate of drug-likeness (QED) is 0.613. The number of H-pyrrole nitrogens is 1. The molecular formula is C18H18N6O3. The number of aliphatic hydroxyl groups excluding tert-OH is 1. The van der Waals surface area contributed by atoms with Crippen LogP contribution in [-0.2, 0) is 0 Å². The van der Waals surface area contributed by atoms with Gasteiger partial charge >= 0.3 is 0 Å². The standard InChI is InChI=1S/C18H18N6O3/c25-14-10-24(9-6-13(14)21-18-19-7-3-8-20-18)17(27)15-11-4-1-2-5-12(11)16(26)23-22-15/h1-5,7-8,13-14,25H,6,9-10H2,(H,23,26)(H,19,20,21). The molecule has 1 aromatic carbocycles. The van der Waals surface area contributed by atoms with E-state index in [0.717, 1.165) is 0 Å². The lowest BCUT2D eigenvalue weighted by Crippen LogP contribution is -2.52. The predicted molar refractivity (Wildman–Crippen MR) is 98.3 cm³/mol. The van der Waals surface area contributed by atoms with Crippen LogP contribution in [0.1, 0.15) is 16.9 Å². The highest BCUT2D eigenvalue weighted by molar-refractivity contribution is 6.04. The van der Waals surface area contributed by atoms with Gasteiger partial charge in [0.25, 0.3) is 11.5 Å². The Balaban J connectivity index is 1.52. The average molecular weight is 366 g/mol. The zero-order valence-corrected chi connectivity index (χ0v) is 14.4. The zero-order valence-electron chi connectivity index (χ0n) is 14.4. The van der Waals surface area contributed by atoms with Crippen molar-refractivity contribution < 1.29 is 9.90 Å². The molecule has 2 unspecified atom stereocenters. The summed E-state index contributed by atoms with van der Waals surface area (Å²) in [6.07, 6.45) is 2.99. The van der Waals surface area contributed by atoms with Crippen LogP contribution < -0.4 is 10.9 Å². The van der Waals surface area contributed by atoms with Gasteiger partial charge in [-0.05, 0) is 18.6 Å². The number of nitrogens with zero attached hydrogens (tertiary/aromatic N) is 4. The molecule has 1 aliphatic rings. The van der Waals surface area contributed by atoms with E-state index in [1.165, 1.54) is 0 Å². The van der Waals surface area contributed by atoms with Gasteiger partial charge in [-0.25, -0.2) is 15.1 Å². The lowest BCUT2D eigenvalue weighted by Gasteiger charge is -2.36. The van der Waals surface area contributed by atoms with E-state index in [4.69, 9.17) is 0 Å². The average Bonchev–Trinajstić information content (AvgIpc) is 2.70. The Morgan fingerprint density at radius 2 is 1.93 bits per heavy atom. The Labute approximate surface area is 154 Å². The summed E-state index contributed by atoms with van der Waals surface area (Å²) in [7, 11) is 0. The van der Waals surface area contributed by atoms with Crippen LogP contribution in [0.15, 0.2) is 47.5 Å². The first-order chi connectivity index (χ1) is 13.1. The summed E-state index contributed by atoms with van der Waals surface area (Å²) in [5, 5.41) is 20.8. The number of rotatable bonds is 3. The molecule has 2 atom stereocenters. The summed E-state index contributed by atoms with van der Waals surface area (Å²) in [4.78, 5) is 34.5. The number of amides is 1. The Bertz CT molecular complexity index is 1020. The van der Waals surface area contributed by atoms with Crippen LogP contribution in [0.2, 0.25) is 0 Å². The molecule has 3 N–H and O–H groups in total. The topological polar surface area (TPSA) is 124 Å². The van der Waals surface area contributed by atoms with E-state index in [1.54, 1.807) is 47.6 Å². The molecule has 0 bridgehead atoms. The number of anilines is 1. The van der Waals surface area contributed by atoms with E-state index in [1.807, 2.05) is 0 Å². The normalized spacial score (nSPS) is 19.8. The van der Waals surface area contributed by atoms with Crippen molar-refractivity contribution in [2.24, 2.45) is 0 Å². The minimum atomic E-state index is -0.777. The van der Waals surface area contributed by atoms with Crippen molar-refractivity contribution in [3.63, 3.8) is 0 Å². The van der Waals surface area contributed by atoms with Crippen molar-refractivity contribution in [1.29, 1.82) is 0 Å². The van der Waals surface area contributed by atoms with E-state index in [9.17, 15) is 14.7 Å². The Kier molecular flexibility index (Phi) is 4.51. The largest absolute Gasteiger partial charge is 0.389 e. The maximum atomic E-state index is 12.9. The van der Waals surface area contributed by atoms with Crippen LogP contribution >= 0.6 is 0 Å². The summed E-state index contributed by atoms with van der Waals surface area (Å²) in [5.74, 6) is 0.116. The first kappa shape index (κ1) is 17.1. The molecule has 4 rings (SSSR count). The van der Waals surface area contributed by atoms with E-state index >= 15 is 0 Å². The number of benzene rings is 1. The molecule has 9 heteroatoms.